The Labute approximate surface area is 109 Å². The highest BCUT2D eigenvalue weighted by Crippen LogP contribution is 2.65. The second kappa shape index (κ2) is 4.02. The van der Waals surface area contributed by atoms with E-state index in [2.05, 4.69) is 36.1 Å². The first kappa shape index (κ1) is 12.1. The van der Waals surface area contributed by atoms with Crippen LogP contribution in [0.2, 0.25) is 0 Å². The molecule has 2 aliphatic rings. The largest absolute Gasteiger partial charge is 0.309 e. The van der Waals surface area contributed by atoms with Crippen LogP contribution in [0, 0.1) is 16.7 Å². The summed E-state index contributed by atoms with van der Waals surface area (Å²) in [7, 11) is 0. The molecule has 1 aromatic rings. The van der Waals surface area contributed by atoms with E-state index in [9.17, 15) is 0 Å². The maximum Gasteiger partial charge on any atom is 0.115 e. The highest BCUT2D eigenvalue weighted by Gasteiger charge is 2.60. The minimum Gasteiger partial charge on any atom is -0.309 e. The number of hydrogen-bond donors (Lipinski definition) is 1. The minimum absolute atomic E-state index is 0.452. The van der Waals surface area contributed by atoms with Gasteiger partial charge in [-0.3, -0.25) is 0 Å². The molecule has 3 heteroatoms. The van der Waals surface area contributed by atoms with Gasteiger partial charge < -0.3 is 5.32 Å². The number of hydrogen-bond acceptors (Lipinski definition) is 3. The molecule has 2 bridgehead atoms. The summed E-state index contributed by atoms with van der Waals surface area (Å²) < 4.78 is 0. The Balaban J connectivity index is 1.69. The summed E-state index contributed by atoms with van der Waals surface area (Å²) in [6.07, 6.45) is 9.51. The lowest BCUT2D eigenvalue weighted by molar-refractivity contribution is 0.120. The van der Waals surface area contributed by atoms with E-state index in [-0.39, 0.29) is 0 Å². The molecule has 3 nitrogen and oxygen atoms in total. The Kier molecular flexibility index (Phi) is 2.70. The summed E-state index contributed by atoms with van der Waals surface area (Å²) in [6.45, 7) is 8.28. The summed E-state index contributed by atoms with van der Waals surface area (Å²) in [6, 6.07) is 0.645. The van der Waals surface area contributed by atoms with Gasteiger partial charge in [0.15, 0.2) is 0 Å². The quantitative estimate of drug-likeness (QED) is 0.890. The van der Waals surface area contributed by atoms with Crippen molar-refractivity contribution in [1.82, 2.24) is 15.3 Å². The van der Waals surface area contributed by atoms with Crippen molar-refractivity contribution >= 4 is 0 Å². The van der Waals surface area contributed by atoms with E-state index in [1.54, 1.807) is 6.33 Å². The first-order valence-electron chi connectivity index (χ1n) is 7.01. The van der Waals surface area contributed by atoms with E-state index in [4.69, 9.17) is 0 Å². The third kappa shape index (κ3) is 1.60. The predicted molar refractivity (Wildman–Crippen MR) is 71.9 cm³/mol. The molecule has 3 atom stereocenters. The van der Waals surface area contributed by atoms with Crippen molar-refractivity contribution in [3.8, 4) is 0 Å². The number of nitrogens with one attached hydrogen (secondary N) is 1. The highest BCUT2D eigenvalue weighted by atomic mass is 15.0. The third-order valence-corrected chi connectivity index (χ3v) is 5.96. The lowest BCUT2D eigenvalue weighted by Gasteiger charge is -2.39. The molecule has 18 heavy (non-hydrogen) atoms. The number of aromatic nitrogens is 2. The number of nitrogens with zero attached hydrogens (tertiary/aromatic N) is 2. The van der Waals surface area contributed by atoms with Crippen LogP contribution in [-0.2, 0) is 6.54 Å². The molecule has 0 saturated heterocycles. The first-order chi connectivity index (χ1) is 8.54. The lowest BCUT2D eigenvalue weighted by Crippen LogP contribution is -2.44. The molecule has 0 aliphatic heterocycles. The maximum atomic E-state index is 4.07. The molecule has 2 saturated carbocycles. The van der Waals surface area contributed by atoms with Gasteiger partial charge in [-0.25, -0.2) is 9.97 Å². The zero-order valence-electron chi connectivity index (χ0n) is 11.6. The lowest BCUT2D eigenvalue weighted by atomic mass is 9.69. The fraction of sp³-hybridized carbons (Fsp3) is 0.733. The average Bonchev–Trinajstić information content (AvgIpc) is 2.70. The van der Waals surface area contributed by atoms with Crippen LogP contribution in [0.3, 0.4) is 0 Å². The fourth-order valence-corrected chi connectivity index (χ4v) is 4.17. The van der Waals surface area contributed by atoms with Crippen LogP contribution in [0.25, 0.3) is 0 Å². The molecular formula is C15H23N3. The predicted octanol–water partition coefficient (Wildman–Crippen LogP) is 2.78. The number of rotatable bonds is 3. The van der Waals surface area contributed by atoms with Crippen molar-refractivity contribution in [2.45, 2.75) is 52.6 Å². The fourth-order valence-electron chi connectivity index (χ4n) is 4.17. The molecule has 1 heterocycles. The maximum absolute atomic E-state index is 4.07. The van der Waals surface area contributed by atoms with Crippen molar-refractivity contribution in [3.63, 3.8) is 0 Å². The second-order valence-electron chi connectivity index (χ2n) is 6.79. The Morgan fingerprint density at radius 3 is 2.56 bits per heavy atom. The molecule has 98 valence electrons. The van der Waals surface area contributed by atoms with Crippen LogP contribution in [-0.4, -0.2) is 16.0 Å². The van der Waals surface area contributed by atoms with E-state index < -0.39 is 0 Å². The van der Waals surface area contributed by atoms with Gasteiger partial charge in [0.2, 0.25) is 0 Å². The topological polar surface area (TPSA) is 37.8 Å². The monoisotopic (exact) mass is 245 g/mol. The van der Waals surface area contributed by atoms with Crippen LogP contribution in [0.1, 0.15) is 45.6 Å². The molecular weight excluding hydrogens is 222 g/mol. The summed E-state index contributed by atoms with van der Waals surface area (Å²) in [5.74, 6) is 0.895. The Morgan fingerprint density at radius 2 is 2.00 bits per heavy atom. The summed E-state index contributed by atoms with van der Waals surface area (Å²) in [5.41, 5.74) is 2.12. The van der Waals surface area contributed by atoms with Crippen molar-refractivity contribution < 1.29 is 0 Å². The zero-order chi connectivity index (χ0) is 12.8. The van der Waals surface area contributed by atoms with Gasteiger partial charge in [0.25, 0.3) is 0 Å². The van der Waals surface area contributed by atoms with Gasteiger partial charge in [-0.1, -0.05) is 20.8 Å². The average molecular weight is 245 g/mol. The van der Waals surface area contributed by atoms with E-state index in [0.717, 1.165) is 12.5 Å². The molecule has 1 N–H and O–H groups in total. The highest BCUT2D eigenvalue weighted by molar-refractivity contribution is 5.14. The van der Waals surface area contributed by atoms with Crippen molar-refractivity contribution in [2.75, 3.05) is 0 Å². The smallest absolute Gasteiger partial charge is 0.115 e. The van der Waals surface area contributed by atoms with E-state index in [1.165, 1.54) is 24.8 Å². The van der Waals surface area contributed by atoms with Crippen LogP contribution in [0.4, 0.5) is 0 Å². The molecule has 1 aromatic heterocycles. The van der Waals surface area contributed by atoms with E-state index in [1.807, 2.05) is 12.4 Å². The van der Waals surface area contributed by atoms with Gasteiger partial charge in [-0.15, -0.1) is 0 Å². The molecule has 0 radical (unpaired) electrons. The Bertz CT molecular complexity index is 429. The summed E-state index contributed by atoms with van der Waals surface area (Å²) in [5, 5.41) is 3.75. The molecule has 3 rings (SSSR count). The Morgan fingerprint density at radius 1 is 1.28 bits per heavy atom. The minimum atomic E-state index is 0.452. The molecule has 0 amide bonds. The molecule has 3 unspecified atom stereocenters. The summed E-state index contributed by atoms with van der Waals surface area (Å²) in [4.78, 5) is 8.15. The van der Waals surface area contributed by atoms with Crippen LogP contribution in [0.5, 0.6) is 0 Å². The van der Waals surface area contributed by atoms with Gasteiger partial charge in [0.1, 0.15) is 6.33 Å². The van der Waals surface area contributed by atoms with Gasteiger partial charge >= 0.3 is 0 Å². The van der Waals surface area contributed by atoms with Gasteiger partial charge in [0, 0.05) is 30.5 Å². The van der Waals surface area contributed by atoms with Crippen molar-refractivity contribution in [3.05, 3.63) is 24.3 Å². The van der Waals surface area contributed by atoms with Crippen LogP contribution < -0.4 is 5.32 Å². The SMILES string of the molecule is CC1(C)C2CCC1(C)C(NCc1cncnc1)C2. The second-order valence-corrected chi connectivity index (χ2v) is 6.79. The molecule has 0 aromatic carbocycles. The van der Waals surface area contributed by atoms with Crippen LogP contribution in [0.15, 0.2) is 18.7 Å². The standard InChI is InChI=1S/C15H23N3/c1-14(2)12-4-5-15(14,3)13(6-12)18-9-11-7-16-10-17-8-11/h7-8,10,12-13,18H,4-6,9H2,1-3H3. The first-order valence-corrected chi connectivity index (χ1v) is 7.01. The summed E-state index contributed by atoms with van der Waals surface area (Å²) >= 11 is 0. The van der Waals surface area contributed by atoms with Gasteiger partial charge in [-0.2, -0.15) is 0 Å². The van der Waals surface area contributed by atoms with E-state index in [0.29, 0.717) is 16.9 Å². The molecule has 0 spiro atoms. The van der Waals surface area contributed by atoms with Crippen LogP contribution >= 0.6 is 0 Å². The normalized spacial score (nSPS) is 37.1. The third-order valence-electron chi connectivity index (χ3n) is 5.96. The zero-order valence-corrected chi connectivity index (χ0v) is 11.6. The van der Waals surface area contributed by atoms with Gasteiger partial charge in [0.05, 0.1) is 0 Å². The van der Waals surface area contributed by atoms with E-state index >= 15 is 0 Å². The van der Waals surface area contributed by atoms with Gasteiger partial charge in [-0.05, 0) is 36.0 Å². The molecule has 2 fully saturated rings. The Hall–Kier alpha value is -0.960. The molecule has 2 aliphatic carbocycles. The van der Waals surface area contributed by atoms with Crippen molar-refractivity contribution in [1.29, 1.82) is 0 Å². The number of fused-ring (bicyclic) bond motifs is 2. The van der Waals surface area contributed by atoms with Crippen molar-refractivity contribution in [2.24, 2.45) is 16.7 Å².